The number of aryl methyl sites for hydroxylation is 1. The summed E-state index contributed by atoms with van der Waals surface area (Å²) < 4.78 is 43.1. The molecule has 152 valence electrons. The Hall–Kier alpha value is -2.36. The molecule has 4 heterocycles. The summed E-state index contributed by atoms with van der Waals surface area (Å²) in [5.74, 6) is -0.951. The standard InChI is InChI=1S/C18H23F3N6O/c1-11-13(9-23-25(11)2)16(28)26-6-3-12(4-7-26)15-14-10-22-5-8-27(14)17(24-15)18(19,20)21/h9,12,22H,3-8,10H2,1-2H3. The summed E-state index contributed by atoms with van der Waals surface area (Å²) in [7, 11) is 1.78. The quantitative estimate of drug-likeness (QED) is 0.844. The topological polar surface area (TPSA) is 68.0 Å². The van der Waals surface area contributed by atoms with Gasteiger partial charge >= 0.3 is 6.18 Å². The van der Waals surface area contributed by atoms with E-state index in [4.69, 9.17) is 0 Å². The maximum Gasteiger partial charge on any atom is 0.449 e. The van der Waals surface area contributed by atoms with Crippen LogP contribution < -0.4 is 5.32 Å². The molecule has 28 heavy (non-hydrogen) atoms. The molecule has 2 aliphatic rings. The molecule has 0 unspecified atom stereocenters. The van der Waals surface area contributed by atoms with Gasteiger partial charge in [0, 0.05) is 51.4 Å². The third kappa shape index (κ3) is 3.19. The van der Waals surface area contributed by atoms with Crippen LogP contribution in [0.5, 0.6) is 0 Å². The van der Waals surface area contributed by atoms with Crippen LogP contribution in [-0.4, -0.2) is 49.8 Å². The lowest BCUT2D eigenvalue weighted by molar-refractivity contribution is -0.147. The molecule has 2 aromatic heterocycles. The summed E-state index contributed by atoms with van der Waals surface area (Å²) in [6.45, 7) is 4.01. The Morgan fingerprint density at radius 1 is 1.25 bits per heavy atom. The number of amides is 1. The lowest BCUT2D eigenvalue weighted by Crippen LogP contribution is -2.38. The van der Waals surface area contributed by atoms with Crippen LogP contribution in [0.2, 0.25) is 0 Å². The van der Waals surface area contributed by atoms with Gasteiger partial charge < -0.3 is 14.8 Å². The third-order valence-corrected chi connectivity index (χ3v) is 5.80. The fraction of sp³-hybridized carbons (Fsp3) is 0.611. The van der Waals surface area contributed by atoms with Crippen LogP contribution >= 0.6 is 0 Å². The minimum atomic E-state index is -4.46. The Morgan fingerprint density at radius 2 is 1.96 bits per heavy atom. The van der Waals surface area contributed by atoms with Crippen LogP contribution in [0.25, 0.3) is 0 Å². The zero-order valence-corrected chi connectivity index (χ0v) is 15.9. The second-order valence-electron chi connectivity index (χ2n) is 7.43. The first-order chi connectivity index (χ1) is 13.3. The number of nitrogens with zero attached hydrogens (tertiary/aromatic N) is 5. The van der Waals surface area contributed by atoms with E-state index in [0.717, 1.165) is 5.69 Å². The van der Waals surface area contributed by atoms with Crippen molar-refractivity contribution in [3.63, 3.8) is 0 Å². The Labute approximate surface area is 160 Å². The number of nitrogens with one attached hydrogen (secondary N) is 1. The van der Waals surface area contributed by atoms with Crippen LogP contribution in [0, 0.1) is 6.92 Å². The van der Waals surface area contributed by atoms with E-state index in [2.05, 4.69) is 15.4 Å². The highest BCUT2D eigenvalue weighted by atomic mass is 19.4. The minimum Gasteiger partial charge on any atom is -0.338 e. The first kappa shape index (κ1) is 19.0. The SMILES string of the molecule is Cc1c(C(=O)N2CCC(c3nc(C(F)(F)F)n4c3CNCC4)CC2)cnn1C. The summed E-state index contributed by atoms with van der Waals surface area (Å²) in [6.07, 6.45) is -1.69. The number of piperidine rings is 1. The molecular formula is C18H23F3N6O. The second-order valence-corrected chi connectivity index (χ2v) is 7.43. The number of carbonyl (C=O) groups excluding carboxylic acids is 1. The fourth-order valence-corrected chi connectivity index (χ4v) is 4.11. The molecule has 1 fully saturated rings. The molecule has 0 atom stereocenters. The Balaban J connectivity index is 1.52. The molecule has 0 saturated carbocycles. The monoisotopic (exact) mass is 396 g/mol. The van der Waals surface area contributed by atoms with E-state index in [-0.39, 0.29) is 18.4 Å². The Bertz CT molecular complexity index is 892. The van der Waals surface area contributed by atoms with Gasteiger partial charge in [0.05, 0.1) is 23.1 Å². The molecular weight excluding hydrogens is 373 g/mol. The van der Waals surface area contributed by atoms with Crippen molar-refractivity contribution in [2.24, 2.45) is 7.05 Å². The zero-order chi connectivity index (χ0) is 20.1. The van der Waals surface area contributed by atoms with E-state index < -0.39 is 12.0 Å². The number of carbonyl (C=O) groups is 1. The predicted octanol–water partition coefficient (Wildman–Crippen LogP) is 2.07. The maximum absolute atomic E-state index is 13.4. The summed E-state index contributed by atoms with van der Waals surface area (Å²) in [4.78, 5) is 18.5. The lowest BCUT2D eigenvalue weighted by Gasteiger charge is -2.32. The number of fused-ring (bicyclic) bond motifs is 1. The van der Waals surface area contributed by atoms with E-state index in [1.54, 1.807) is 22.8 Å². The highest BCUT2D eigenvalue weighted by Crippen LogP contribution is 2.36. The van der Waals surface area contributed by atoms with E-state index in [0.29, 0.717) is 56.0 Å². The fourth-order valence-electron chi connectivity index (χ4n) is 4.11. The van der Waals surface area contributed by atoms with Gasteiger partial charge in [-0.2, -0.15) is 18.3 Å². The van der Waals surface area contributed by atoms with Gasteiger partial charge in [-0.3, -0.25) is 9.48 Å². The third-order valence-electron chi connectivity index (χ3n) is 5.80. The number of hydrogen-bond donors (Lipinski definition) is 1. The first-order valence-corrected chi connectivity index (χ1v) is 9.42. The average Bonchev–Trinajstić information content (AvgIpc) is 3.22. The predicted molar refractivity (Wildman–Crippen MR) is 94.8 cm³/mol. The van der Waals surface area contributed by atoms with Gasteiger partial charge in [0.15, 0.2) is 0 Å². The smallest absolute Gasteiger partial charge is 0.338 e. The average molecular weight is 396 g/mol. The molecule has 4 rings (SSSR count). The van der Waals surface area contributed by atoms with E-state index >= 15 is 0 Å². The number of rotatable bonds is 2. The molecule has 7 nitrogen and oxygen atoms in total. The van der Waals surface area contributed by atoms with Crippen molar-refractivity contribution in [1.82, 2.24) is 29.5 Å². The van der Waals surface area contributed by atoms with Crippen LogP contribution in [0.3, 0.4) is 0 Å². The summed E-state index contributed by atoms with van der Waals surface area (Å²) >= 11 is 0. The normalized spacial score (nSPS) is 18.4. The van der Waals surface area contributed by atoms with Crippen molar-refractivity contribution in [2.75, 3.05) is 19.6 Å². The van der Waals surface area contributed by atoms with Crippen LogP contribution in [0.15, 0.2) is 6.20 Å². The van der Waals surface area contributed by atoms with Crippen molar-refractivity contribution in [3.8, 4) is 0 Å². The van der Waals surface area contributed by atoms with Gasteiger partial charge in [0.1, 0.15) is 0 Å². The number of imidazole rings is 1. The number of likely N-dealkylation sites (tertiary alicyclic amines) is 1. The van der Waals surface area contributed by atoms with Gasteiger partial charge in [-0.15, -0.1) is 0 Å². The molecule has 1 N–H and O–H groups in total. The molecule has 1 amide bonds. The maximum atomic E-state index is 13.4. The van der Waals surface area contributed by atoms with E-state index in [1.165, 1.54) is 4.57 Å². The number of hydrogen-bond acceptors (Lipinski definition) is 4. The van der Waals surface area contributed by atoms with Crippen LogP contribution in [-0.2, 0) is 26.3 Å². The van der Waals surface area contributed by atoms with Crippen molar-refractivity contribution < 1.29 is 18.0 Å². The summed E-state index contributed by atoms with van der Waals surface area (Å²) in [6, 6.07) is 0. The summed E-state index contributed by atoms with van der Waals surface area (Å²) in [5.41, 5.74) is 2.54. The van der Waals surface area contributed by atoms with E-state index in [1.807, 2.05) is 6.92 Å². The first-order valence-electron chi connectivity index (χ1n) is 9.42. The highest BCUT2D eigenvalue weighted by molar-refractivity contribution is 5.95. The molecule has 0 aliphatic carbocycles. The molecule has 0 bridgehead atoms. The van der Waals surface area contributed by atoms with Crippen molar-refractivity contribution in [1.29, 1.82) is 0 Å². The highest BCUT2D eigenvalue weighted by Gasteiger charge is 2.41. The van der Waals surface area contributed by atoms with Crippen LogP contribution in [0.1, 0.15) is 52.0 Å². The Kier molecular flexibility index (Phi) is 4.68. The van der Waals surface area contributed by atoms with Gasteiger partial charge in [0.25, 0.3) is 5.91 Å². The van der Waals surface area contributed by atoms with Gasteiger partial charge in [-0.05, 0) is 19.8 Å². The molecule has 10 heteroatoms. The minimum absolute atomic E-state index is 0.0729. The number of aromatic nitrogens is 4. The summed E-state index contributed by atoms with van der Waals surface area (Å²) in [5, 5.41) is 7.25. The second kappa shape index (κ2) is 6.91. The molecule has 0 aromatic carbocycles. The van der Waals surface area contributed by atoms with Crippen LogP contribution in [0.4, 0.5) is 13.2 Å². The van der Waals surface area contributed by atoms with E-state index in [9.17, 15) is 18.0 Å². The van der Waals surface area contributed by atoms with Crippen molar-refractivity contribution in [3.05, 3.63) is 34.7 Å². The number of halogens is 3. The van der Waals surface area contributed by atoms with Gasteiger partial charge in [0.2, 0.25) is 5.82 Å². The lowest BCUT2D eigenvalue weighted by atomic mass is 9.91. The molecule has 2 aliphatic heterocycles. The largest absolute Gasteiger partial charge is 0.449 e. The van der Waals surface area contributed by atoms with Gasteiger partial charge in [-0.25, -0.2) is 4.98 Å². The Morgan fingerprint density at radius 3 is 2.57 bits per heavy atom. The molecule has 2 aromatic rings. The molecule has 1 saturated heterocycles. The van der Waals surface area contributed by atoms with Crippen molar-refractivity contribution >= 4 is 5.91 Å². The van der Waals surface area contributed by atoms with Crippen molar-refractivity contribution in [2.45, 2.75) is 44.9 Å². The molecule has 0 radical (unpaired) electrons. The number of alkyl halides is 3. The molecule has 0 spiro atoms. The zero-order valence-electron chi connectivity index (χ0n) is 15.9. The van der Waals surface area contributed by atoms with Gasteiger partial charge in [-0.1, -0.05) is 0 Å².